The first kappa shape index (κ1) is 19.0. The van der Waals surface area contributed by atoms with Crippen LogP contribution in [0.15, 0.2) is 0 Å². The maximum Gasteiger partial charge on any atom is 0.123 e. The maximum absolute atomic E-state index is 10.8. The molecule has 0 aromatic heterocycles. The van der Waals surface area contributed by atoms with Gasteiger partial charge in [0.25, 0.3) is 0 Å². The first-order valence-electron chi connectivity index (χ1n) is 10.6. The van der Waals surface area contributed by atoms with Crippen LogP contribution in [0.2, 0.25) is 0 Å². The minimum absolute atomic E-state index is 0.386. The Balaban J connectivity index is 1.40. The van der Waals surface area contributed by atoms with E-state index in [-0.39, 0.29) is 0 Å². The Morgan fingerprint density at radius 2 is 1.26 bits per heavy atom. The summed E-state index contributed by atoms with van der Waals surface area (Å²) in [4.78, 5) is 10.8. The van der Waals surface area contributed by atoms with Gasteiger partial charge >= 0.3 is 0 Å². The number of hydrogen-bond acceptors (Lipinski definition) is 1. The second-order valence-electron chi connectivity index (χ2n) is 8.90. The molecule has 0 radical (unpaired) electrons. The van der Waals surface area contributed by atoms with Crippen molar-refractivity contribution in [3.63, 3.8) is 0 Å². The molecule has 2 fully saturated rings. The van der Waals surface area contributed by atoms with Gasteiger partial charge in [0, 0.05) is 5.92 Å². The largest absolute Gasteiger partial charge is 0.303 e. The number of carbonyl (C=O) groups excluding carboxylic acids is 1. The quantitative estimate of drug-likeness (QED) is 0.337. The highest BCUT2D eigenvalue weighted by molar-refractivity contribution is 5.53. The van der Waals surface area contributed by atoms with E-state index >= 15 is 0 Å². The third-order valence-corrected chi connectivity index (χ3v) is 7.02. The Hall–Kier alpha value is -0.330. The van der Waals surface area contributed by atoms with Gasteiger partial charge in [-0.3, -0.25) is 0 Å². The maximum atomic E-state index is 10.8. The van der Waals surface area contributed by atoms with E-state index in [0.717, 1.165) is 36.5 Å². The third kappa shape index (κ3) is 6.98. The number of carbonyl (C=O) groups is 1. The summed E-state index contributed by atoms with van der Waals surface area (Å²) in [5.74, 6) is 4.28. The second-order valence-corrected chi connectivity index (χ2v) is 8.90. The van der Waals surface area contributed by atoms with Gasteiger partial charge in [0.2, 0.25) is 0 Å². The second kappa shape index (κ2) is 10.5. The molecular weight excluding hydrogens is 280 g/mol. The lowest BCUT2D eigenvalue weighted by Gasteiger charge is -2.32. The normalized spacial score (nSPS) is 35.1. The standard InChI is InChI=1S/C22H40O/c1-18-10-11-21(16-19(18)2)9-7-5-3-4-6-8-20-12-14-22(17-23)15-13-20/h17-22H,3-16H2,1-2H3. The van der Waals surface area contributed by atoms with Crippen LogP contribution < -0.4 is 0 Å². The van der Waals surface area contributed by atoms with Crippen molar-refractivity contribution in [2.75, 3.05) is 0 Å². The Kier molecular flexibility index (Phi) is 8.69. The lowest BCUT2D eigenvalue weighted by atomic mass is 9.74. The van der Waals surface area contributed by atoms with E-state index < -0.39 is 0 Å². The Morgan fingerprint density at radius 3 is 1.87 bits per heavy atom. The van der Waals surface area contributed by atoms with E-state index in [1.54, 1.807) is 0 Å². The molecule has 1 heteroatoms. The summed E-state index contributed by atoms with van der Waals surface area (Å²) in [6, 6.07) is 0. The predicted octanol–water partition coefficient (Wildman–Crippen LogP) is 6.79. The van der Waals surface area contributed by atoms with E-state index in [1.165, 1.54) is 83.3 Å². The van der Waals surface area contributed by atoms with Gasteiger partial charge in [-0.1, -0.05) is 71.6 Å². The summed E-state index contributed by atoms with van der Waals surface area (Å²) >= 11 is 0. The van der Waals surface area contributed by atoms with Crippen molar-refractivity contribution in [1.29, 1.82) is 0 Å². The molecule has 2 aliphatic rings. The zero-order valence-corrected chi connectivity index (χ0v) is 15.8. The molecule has 0 N–H and O–H groups in total. The topological polar surface area (TPSA) is 17.1 Å². The van der Waals surface area contributed by atoms with Crippen LogP contribution in [-0.4, -0.2) is 6.29 Å². The van der Waals surface area contributed by atoms with Gasteiger partial charge < -0.3 is 4.79 Å². The Morgan fingerprint density at radius 1 is 0.696 bits per heavy atom. The van der Waals surface area contributed by atoms with Gasteiger partial charge in [-0.25, -0.2) is 0 Å². The summed E-state index contributed by atoms with van der Waals surface area (Å²) in [5.41, 5.74) is 0. The van der Waals surface area contributed by atoms with Crippen molar-refractivity contribution in [1.82, 2.24) is 0 Å². The lowest BCUT2D eigenvalue weighted by Crippen LogP contribution is -2.20. The summed E-state index contributed by atoms with van der Waals surface area (Å²) in [6.07, 6.45) is 20.7. The highest BCUT2D eigenvalue weighted by atomic mass is 16.1. The number of aldehydes is 1. The molecule has 3 atom stereocenters. The molecule has 2 aliphatic carbocycles. The zero-order chi connectivity index (χ0) is 16.5. The van der Waals surface area contributed by atoms with E-state index in [1.807, 2.05) is 0 Å². The van der Waals surface area contributed by atoms with Crippen molar-refractivity contribution < 1.29 is 4.79 Å². The molecule has 0 heterocycles. The molecular formula is C22H40O. The molecule has 0 aromatic carbocycles. The molecule has 2 rings (SSSR count). The first-order valence-corrected chi connectivity index (χ1v) is 10.6. The fourth-order valence-electron chi connectivity index (χ4n) is 4.93. The third-order valence-electron chi connectivity index (χ3n) is 7.02. The van der Waals surface area contributed by atoms with Crippen LogP contribution >= 0.6 is 0 Å². The van der Waals surface area contributed by atoms with Gasteiger partial charge in [-0.05, 0) is 55.8 Å². The average molecular weight is 321 g/mol. The van der Waals surface area contributed by atoms with Crippen molar-refractivity contribution in [2.24, 2.45) is 29.6 Å². The molecule has 0 spiro atoms. The van der Waals surface area contributed by atoms with Crippen LogP contribution in [0, 0.1) is 29.6 Å². The summed E-state index contributed by atoms with van der Waals surface area (Å²) in [5, 5.41) is 0. The molecule has 0 aromatic rings. The molecule has 23 heavy (non-hydrogen) atoms. The SMILES string of the molecule is CC1CCC(CCCCCCCC2CCC(C=O)CC2)CC1C. The lowest BCUT2D eigenvalue weighted by molar-refractivity contribution is -0.112. The van der Waals surface area contributed by atoms with Crippen LogP contribution in [0.1, 0.15) is 104 Å². The predicted molar refractivity (Wildman–Crippen MR) is 99.5 cm³/mol. The molecule has 3 unspecified atom stereocenters. The van der Waals surface area contributed by atoms with Gasteiger partial charge in [-0.2, -0.15) is 0 Å². The van der Waals surface area contributed by atoms with Crippen LogP contribution in [0.5, 0.6) is 0 Å². The molecule has 2 saturated carbocycles. The number of rotatable bonds is 9. The highest BCUT2D eigenvalue weighted by Crippen LogP contribution is 2.36. The van der Waals surface area contributed by atoms with Gasteiger partial charge in [0.15, 0.2) is 0 Å². The van der Waals surface area contributed by atoms with E-state index in [0.29, 0.717) is 5.92 Å². The van der Waals surface area contributed by atoms with E-state index in [9.17, 15) is 4.79 Å². The zero-order valence-electron chi connectivity index (χ0n) is 15.8. The van der Waals surface area contributed by atoms with Gasteiger partial charge in [0.05, 0.1) is 0 Å². The minimum Gasteiger partial charge on any atom is -0.303 e. The summed E-state index contributed by atoms with van der Waals surface area (Å²) in [6.45, 7) is 4.89. The smallest absolute Gasteiger partial charge is 0.123 e. The summed E-state index contributed by atoms with van der Waals surface area (Å²) < 4.78 is 0. The van der Waals surface area contributed by atoms with Gasteiger partial charge in [-0.15, -0.1) is 0 Å². The fraction of sp³-hybridized carbons (Fsp3) is 0.955. The van der Waals surface area contributed by atoms with Crippen LogP contribution in [0.4, 0.5) is 0 Å². The first-order chi connectivity index (χ1) is 11.2. The Bertz CT molecular complexity index is 316. The molecule has 0 saturated heterocycles. The minimum atomic E-state index is 0.386. The fourth-order valence-corrected chi connectivity index (χ4v) is 4.93. The molecule has 0 aliphatic heterocycles. The molecule has 1 nitrogen and oxygen atoms in total. The average Bonchev–Trinajstić information content (AvgIpc) is 2.57. The van der Waals surface area contributed by atoms with E-state index in [4.69, 9.17) is 0 Å². The Labute approximate surface area is 145 Å². The molecule has 0 bridgehead atoms. The monoisotopic (exact) mass is 320 g/mol. The molecule has 134 valence electrons. The number of hydrogen-bond donors (Lipinski definition) is 0. The highest BCUT2D eigenvalue weighted by Gasteiger charge is 2.24. The van der Waals surface area contributed by atoms with Crippen molar-refractivity contribution in [3.8, 4) is 0 Å². The molecule has 0 amide bonds. The van der Waals surface area contributed by atoms with Crippen molar-refractivity contribution in [2.45, 2.75) is 104 Å². The van der Waals surface area contributed by atoms with Crippen LogP contribution in [-0.2, 0) is 4.79 Å². The van der Waals surface area contributed by atoms with E-state index in [2.05, 4.69) is 13.8 Å². The number of unbranched alkanes of at least 4 members (excludes halogenated alkanes) is 4. The van der Waals surface area contributed by atoms with Gasteiger partial charge in [0.1, 0.15) is 6.29 Å². The van der Waals surface area contributed by atoms with Crippen molar-refractivity contribution in [3.05, 3.63) is 0 Å². The summed E-state index contributed by atoms with van der Waals surface area (Å²) in [7, 11) is 0. The van der Waals surface area contributed by atoms with Crippen molar-refractivity contribution >= 4 is 6.29 Å². The van der Waals surface area contributed by atoms with Crippen LogP contribution in [0.3, 0.4) is 0 Å². The van der Waals surface area contributed by atoms with Crippen LogP contribution in [0.25, 0.3) is 0 Å².